The number of hydrogen-bond donors (Lipinski definition) is 1. The molecule has 0 spiro atoms. The zero-order valence-corrected chi connectivity index (χ0v) is 19.7. The van der Waals surface area contributed by atoms with Gasteiger partial charge in [0, 0.05) is 45.5 Å². The van der Waals surface area contributed by atoms with E-state index in [1.807, 2.05) is 49.4 Å². The monoisotopic (exact) mass is 458 g/mol. The van der Waals surface area contributed by atoms with Gasteiger partial charge in [0.25, 0.3) is 0 Å². The lowest BCUT2D eigenvalue weighted by atomic mass is 9.91. The number of hydrogen-bond acceptors (Lipinski definition) is 6. The first kappa shape index (κ1) is 22.3. The number of benzene rings is 1. The second-order valence-corrected chi connectivity index (χ2v) is 9.25. The molecule has 3 aromatic heterocycles. The highest BCUT2D eigenvalue weighted by molar-refractivity contribution is 5.87. The third kappa shape index (κ3) is 4.33. The van der Waals surface area contributed by atoms with Gasteiger partial charge in [0.15, 0.2) is 0 Å². The lowest BCUT2D eigenvalue weighted by Gasteiger charge is -2.42. The van der Waals surface area contributed by atoms with Crippen LogP contribution in [0.4, 0.5) is 5.69 Å². The highest BCUT2D eigenvalue weighted by Crippen LogP contribution is 2.30. The number of β-amino-alcohol motifs (C(OH)–C–C–N with tert-alkyl or cyclic N) is 1. The molecule has 1 aliphatic rings. The van der Waals surface area contributed by atoms with Crippen LogP contribution in [-0.2, 0) is 11.3 Å². The highest BCUT2D eigenvalue weighted by Gasteiger charge is 2.36. The van der Waals surface area contributed by atoms with Crippen LogP contribution in [0.25, 0.3) is 22.1 Å². The van der Waals surface area contributed by atoms with Crippen LogP contribution in [0.1, 0.15) is 25.1 Å². The fraction of sp³-hybridized carbons (Fsp3) is 0.385. The van der Waals surface area contributed by atoms with Gasteiger partial charge < -0.3 is 19.5 Å². The van der Waals surface area contributed by atoms with Crippen molar-refractivity contribution < 1.29 is 9.90 Å². The fourth-order valence-corrected chi connectivity index (χ4v) is 5.07. The number of carbonyl (C=O) groups is 1. The van der Waals surface area contributed by atoms with Gasteiger partial charge in [0.2, 0.25) is 5.91 Å². The van der Waals surface area contributed by atoms with Gasteiger partial charge in [-0.15, -0.1) is 0 Å². The molecule has 1 atom stereocenters. The van der Waals surface area contributed by atoms with E-state index >= 15 is 0 Å². The number of anilines is 1. The molecule has 1 N–H and O–H groups in total. The standard InChI is InChI=1S/C26H30N6O2/c1-19-29-20-7-3-4-9-22(20)32(19)16-11-24(33)30(2)17-26(34)12-6-15-31(18-26)23-10-14-27-21-8-5-13-28-25(21)23/h3-5,7-10,13-14,34H,6,11-12,15-18H2,1-2H3/t26-/m1/s1. The summed E-state index contributed by atoms with van der Waals surface area (Å²) in [7, 11) is 1.78. The molecule has 8 heteroatoms. The smallest absolute Gasteiger partial charge is 0.224 e. The molecule has 1 saturated heterocycles. The molecular weight excluding hydrogens is 428 g/mol. The lowest BCUT2D eigenvalue weighted by molar-refractivity contribution is -0.133. The number of rotatable bonds is 6. The fourth-order valence-electron chi connectivity index (χ4n) is 5.07. The quantitative estimate of drug-likeness (QED) is 0.478. The summed E-state index contributed by atoms with van der Waals surface area (Å²) in [6.45, 7) is 4.11. The van der Waals surface area contributed by atoms with E-state index in [-0.39, 0.29) is 5.91 Å². The number of aryl methyl sites for hydroxylation is 2. The molecule has 176 valence electrons. The molecule has 1 aliphatic heterocycles. The molecule has 4 heterocycles. The molecular formula is C26H30N6O2. The predicted molar refractivity (Wildman–Crippen MR) is 133 cm³/mol. The summed E-state index contributed by atoms with van der Waals surface area (Å²) in [5, 5.41) is 11.4. The minimum Gasteiger partial charge on any atom is -0.386 e. The van der Waals surface area contributed by atoms with Gasteiger partial charge in [0.05, 0.1) is 34.4 Å². The Hall–Kier alpha value is -3.52. The molecule has 0 radical (unpaired) electrons. The largest absolute Gasteiger partial charge is 0.386 e. The topological polar surface area (TPSA) is 87.4 Å². The molecule has 0 bridgehead atoms. The van der Waals surface area contributed by atoms with Crippen LogP contribution in [0.3, 0.4) is 0 Å². The third-order valence-corrected chi connectivity index (χ3v) is 6.72. The van der Waals surface area contributed by atoms with Gasteiger partial charge in [-0.1, -0.05) is 12.1 Å². The molecule has 0 unspecified atom stereocenters. The highest BCUT2D eigenvalue weighted by atomic mass is 16.3. The maximum atomic E-state index is 13.0. The molecule has 0 saturated carbocycles. The number of imidazole rings is 1. The van der Waals surface area contributed by atoms with Crippen molar-refractivity contribution in [2.24, 2.45) is 0 Å². The summed E-state index contributed by atoms with van der Waals surface area (Å²) in [4.78, 5) is 30.3. The van der Waals surface area contributed by atoms with Crippen molar-refractivity contribution in [3.63, 3.8) is 0 Å². The molecule has 1 aromatic carbocycles. The Morgan fingerprint density at radius 1 is 1.12 bits per heavy atom. The van der Waals surface area contributed by atoms with Crippen LogP contribution in [0.2, 0.25) is 0 Å². The van der Waals surface area contributed by atoms with Gasteiger partial charge in [0.1, 0.15) is 11.3 Å². The van der Waals surface area contributed by atoms with Crippen molar-refractivity contribution in [1.29, 1.82) is 0 Å². The number of aliphatic hydroxyl groups is 1. The van der Waals surface area contributed by atoms with Crippen LogP contribution in [0.5, 0.6) is 0 Å². The molecule has 0 aliphatic carbocycles. The number of amides is 1. The van der Waals surface area contributed by atoms with Crippen LogP contribution in [-0.4, -0.2) is 67.7 Å². The van der Waals surface area contributed by atoms with E-state index < -0.39 is 5.60 Å². The van der Waals surface area contributed by atoms with Gasteiger partial charge in [-0.3, -0.25) is 14.8 Å². The zero-order valence-electron chi connectivity index (χ0n) is 19.7. The van der Waals surface area contributed by atoms with Crippen molar-refractivity contribution in [1.82, 2.24) is 24.4 Å². The first-order chi connectivity index (χ1) is 16.4. The van der Waals surface area contributed by atoms with Crippen molar-refractivity contribution in [2.75, 3.05) is 31.6 Å². The molecule has 1 amide bonds. The number of piperidine rings is 1. The van der Waals surface area contributed by atoms with Crippen LogP contribution in [0, 0.1) is 6.92 Å². The summed E-state index contributed by atoms with van der Waals surface area (Å²) in [6, 6.07) is 13.7. The average Bonchev–Trinajstić information content (AvgIpc) is 3.16. The molecule has 34 heavy (non-hydrogen) atoms. The normalized spacial score (nSPS) is 18.5. The maximum Gasteiger partial charge on any atom is 0.224 e. The number of para-hydroxylation sites is 2. The van der Waals surface area contributed by atoms with E-state index in [1.165, 1.54) is 0 Å². The Kier molecular flexibility index (Phi) is 5.91. The van der Waals surface area contributed by atoms with E-state index in [2.05, 4.69) is 24.4 Å². The van der Waals surface area contributed by atoms with E-state index in [1.54, 1.807) is 24.3 Å². The number of aromatic nitrogens is 4. The summed E-state index contributed by atoms with van der Waals surface area (Å²) in [6.07, 6.45) is 5.40. The van der Waals surface area contributed by atoms with E-state index in [0.29, 0.717) is 32.5 Å². The van der Waals surface area contributed by atoms with Crippen LogP contribution < -0.4 is 4.90 Å². The third-order valence-electron chi connectivity index (χ3n) is 6.72. The Labute approximate surface area is 198 Å². The minimum absolute atomic E-state index is 0.0127. The Balaban J connectivity index is 1.25. The molecule has 8 nitrogen and oxygen atoms in total. The summed E-state index contributed by atoms with van der Waals surface area (Å²) < 4.78 is 2.08. The summed E-state index contributed by atoms with van der Waals surface area (Å²) >= 11 is 0. The summed E-state index contributed by atoms with van der Waals surface area (Å²) in [5.74, 6) is 0.912. The predicted octanol–water partition coefficient (Wildman–Crippen LogP) is 3.17. The molecule has 5 rings (SSSR count). The number of likely N-dealkylation sites (N-methyl/N-ethyl adjacent to an activating group) is 1. The van der Waals surface area contributed by atoms with Crippen molar-refractivity contribution >= 4 is 33.7 Å². The average molecular weight is 459 g/mol. The Morgan fingerprint density at radius 2 is 1.94 bits per heavy atom. The number of fused-ring (bicyclic) bond motifs is 2. The van der Waals surface area contributed by atoms with Crippen LogP contribution >= 0.6 is 0 Å². The zero-order chi connectivity index (χ0) is 23.7. The minimum atomic E-state index is -0.981. The Bertz CT molecular complexity index is 1330. The number of pyridine rings is 2. The number of nitrogens with zero attached hydrogens (tertiary/aromatic N) is 6. The Morgan fingerprint density at radius 3 is 2.82 bits per heavy atom. The van der Waals surface area contributed by atoms with Crippen molar-refractivity contribution in [3.8, 4) is 0 Å². The second-order valence-electron chi connectivity index (χ2n) is 9.25. The van der Waals surface area contributed by atoms with Gasteiger partial charge in [-0.05, 0) is 50.1 Å². The van der Waals surface area contributed by atoms with E-state index in [4.69, 9.17) is 0 Å². The summed E-state index contributed by atoms with van der Waals surface area (Å²) in [5.41, 5.74) is 3.64. The van der Waals surface area contributed by atoms with Gasteiger partial charge >= 0.3 is 0 Å². The first-order valence-electron chi connectivity index (χ1n) is 11.8. The first-order valence-corrected chi connectivity index (χ1v) is 11.8. The van der Waals surface area contributed by atoms with E-state index in [0.717, 1.165) is 46.5 Å². The molecule has 4 aromatic rings. The lowest BCUT2D eigenvalue weighted by Crippen LogP contribution is -2.54. The van der Waals surface area contributed by atoms with Crippen molar-refractivity contribution in [2.45, 2.75) is 38.3 Å². The van der Waals surface area contributed by atoms with E-state index in [9.17, 15) is 9.90 Å². The van der Waals surface area contributed by atoms with Gasteiger partial charge in [-0.25, -0.2) is 4.98 Å². The maximum absolute atomic E-state index is 13.0. The van der Waals surface area contributed by atoms with Crippen molar-refractivity contribution in [3.05, 3.63) is 60.7 Å². The second kappa shape index (κ2) is 9.02. The SMILES string of the molecule is Cc1nc2ccccc2n1CCC(=O)N(C)C[C@]1(O)CCCN(c2ccnc3cccnc23)C1. The van der Waals surface area contributed by atoms with Crippen LogP contribution in [0.15, 0.2) is 54.9 Å². The number of carbonyl (C=O) groups excluding carboxylic acids is 1. The molecule has 1 fully saturated rings. The van der Waals surface area contributed by atoms with Gasteiger partial charge in [-0.2, -0.15) is 0 Å².